The van der Waals surface area contributed by atoms with Gasteiger partial charge in [0.1, 0.15) is 8.42 Å². The van der Waals surface area contributed by atoms with E-state index in [4.69, 9.17) is 20.5 Å². The van der Waals surface area contributed by atoms with Crippen molar-refractivity contribution in [2.24, 2.45) is 5.14 Å². The Labute approximate surface area is 149 Å². The molecule has 2 atom stereocenters. The van der Waals surface area contributed by atoms with Crippen molar-refractivity contribution in [2.75, 3.05) is 0 Å². The first kappa shape index (κ1) is 21.5. The first-order valence-electron chi connectivity index (χ1n) is 6.26. The predicted molar refractivity (Wildman–Crippen MR) is 78.5 cm³/mol. The fraction of sp³-hybridized carbons (Fsp3) is 0.556. The van der Waals surface area contributed by atoms with Gasteiger partial charge in [-0.2, -0.15) is 0 Å². The van der Waals surface area contributed by atoms with E-state index in [2.05, 4.69) is 0 Å². The van der Waals surface area contributed by atoms with E-state index in [9.17, 15) is 42.4 Å². The Balaban J connectivity index is 2.75. The van der Waals surface area contributed by atoms with Gasteiger partial charge in [-0.05, 0) is 6.07 Å². The van der Waals surface area contributed by atoms with Crippen molar-refractivity contribution in [3.63, 3.8) is 0 Å². The van der Waals surface area contributed by atoms with Gasteiger partial charge in [0.05, 0.1) is 6.04 Å². The molecule has 0 aliphatic carbocycles. The van der Waals surface area contributed by atoms with Crippen molar-refractivity contribution in [2.45, 2.75) is 37.6 Å². The number of nitrogens with one attached hydrogen (secondary N) is 1. The largest absolute Gasteiger partial charge is 0.372 e. The van der Waals surface area contributed by atoms with E-state index in [1.54, 1.807) is 0 Å². The molecular formula is C9H14N2O12S3. The summed E-state index contributed by atoms with van der Waals surface area (Å²) in [6, 6.07) is -1.91. The van der Waals surface area contributed by atoms with Crippen molar-refractivity contribution < 1.29 is 57.7 Å². The summed E-state index contributed by atoms with van der Waals surface area (Å²) in [6.45, 7) is 0. The highest BCUT2D eigenvalue weighted by Gasteiger charge is 2.60. The molecular weight excluding hydrogens is 424 g/mol. The van der Waals surface area contributed by atoms with Gasteiger partial charge in [-0.3, -0.25) is 0 Å². The first-order valence-corrected chi connectivity index (χ1v) is 10.2. The molecule has 1 aromatic rings. The summed E-state index contributed by atoms with van der Waals surface area (Å²) >= 11 is 0.0170. The minimum atomic E-state index is -4.93. The van der Waals surface area contributed by atoms with Gasteiger partial charge in [-0.15, -0.1) is 11.3 Å². The molecule has 0 bridgehead atoms. The van der Waals surface area contributed by atoms with Gasteiger partial charge in [-0.25, -0.2) is 27.3 Å². The lowest BCUT2D eigenvalue weighted by Gasteiger charge is -2.42. The lowest BCUT2D eigenvalue weighted by molar-refractivity contribution is -0.461. The van der Waals surface area contributed by atoms with E-state index in [1.807, 2.05) is 0 Å². The summed E-state index contributed by atoms with van der Waals surface area (Å²) in [5.74, 6) is -12.1. The minimum Gasteiger partial charge on any atom is -0.372 e. The Bertz CT molecular complexity index is 926. The molecule has 14 nitrogen and oxygen atoms in total. The number of hydrogen-bond acceptors (Lipinski definition) is 14. The number of rotatable bonds is 4. The van der Waals surface area contributed by atoms with Gasteiger partial charge in [-0.1, -0.05) is 0 Å². The molecule has 0 saturated heterocycles. The highest BCUT2D eigenvalue weighted by atomic mass is 32.3. The predicted octanol–water partition coefficient (Wildman–Crippen LogP) is -5.92. The maximum Gasteiger partial charge on any atom is 0.348 e. The Hall–Kier alpha value is -0.800. The maximum atomic E-state index is 12.2. The molecule has 26 heavy (non-hydrogen) atoms. The lowest BCUT2D eigenvalue weighted by Crippen LogP contribution is -2.69. The second kappa shape index (κ2) is 5.85. The van der Waals surface area contributed by atoms with Crippen LogP contribution < -0.4 is 10.5 Å². The zero-order valence-corrected chi connectivity index (χ0v) is 14.7. The number of sulfonamides is 1. The topological polar surface area (TPSA) is 268 Å². The molecule has 1 aliphatic rings. The molecule has 2 heterocycles. The smallest absolute Gasteiger partial charge is 0.348 e. The number of hydrogen-bond donors (Lipinski definition) is 10. The summed E-state index contributed by atoms with van der Waals surface area (Å²) in [4.78, 5) is 0. The van der Waals surface area contributed by atoms with Crippen molar-refractivity contribution >= 4 is 31.2 Å². The normalized spacial score (nSPS) is 25.7. The van der Waals surface area contributed by atoms with Crippen LogP contribution in [0.5, 0.6) is 0 Å². The SMILES string of the molecule is NS(=O)(=O)c1cc2c(s1)S(=O)(=O)C(O)C(O)(O)C2NC(O)(O)C(O)(O)O. The van der Waals surface area contributed by atoms with E-state index in [1.165, 1.54) is 5.32 Å². The van der Waals surface area contributed by atoms with Crippen LogP contribution >= 0.6 is 11.3 Å². The van der Waals surface area contributed by atoms with Crippen molar-refractivity contribution in [3.8, 4) is 0 Å². The first-order chi connectivity index (χ1) is 11.3. The summed E-state index contributed by atoms with van der Waals surface area (Å²) in [6.07, 6.45) is 0. The van der Waals surface area contributed by atoms with Gasteiger partial charge < -0.3 is 40.9 Å². The van der Waals surface area contributed by atoms with Crippen LogP contribution in [0.25, 0.3) is 0 Å². The zero-order valence-electron chi connectivity index (χ0n) is 12.2. The van der Waals surface area contributed by atoms with Crippen molar-refractivity contribution in [1.29, 1.82) is 0 Å². The molecule has 0 saturated carbocycles. The van der Waals surface area contributed by atoms with Crippen molar-refractivity contribution in [3.05, 3.63) is 11.6 Å². The highest BCUT2D eigenvalue weighted by Crippen LogP contribution is 2.46. The minimum absolute atomic E-state index is 0.0170. The summed E-state index contributed by atoms with van der Waals surface area (Å²) in [5.41, 5.74) is -3.83. The van der Waals surface area contributed by atoms with Crippen LogP contribution in [0.15, 0.2) is 14.5 Å². The maximum absolute atomic E-state index is 12.2. The fourth-order valence-electron chi connectivity index (χ4n) is 2.11. The van der Waals surface area contributed by atoms with E-state index in [0.717, 1.165) is 0 Å². The van der Waals surface area contributed by atoms with Crippen LogP contribution in [0.2, 0.25) is 0 Å². The summed E-state index contributed by atoms with van der Waals surface area (Å²) in [5, 5.41) is 81.4. The number of aliphatic hydroxyl groups excluding tert-OH is 1. The molecule has 0 aromatic carbocycles. The average molecular weight is 438 g/mol. The number of fused-ring (bicyclic) bond motifs is 1. The molecule has 2 rings (SSSR count). The Morgan fingerprint density at radius 3 is 2.12 bits per heavy atom. The van der Waals surface area contributed by atoms with Crippen LogP contribution in [0.3, 0.4) is 0 Å². The van der Waals surface area contributed by atoms with Crippen LogP contribution in [0.1, 0.15) is 11.6 Å². The van der Waals surface area contributed by atoms with Gasteiger partial charge in [0.2, 0.25) is 31.1 Å². The molecule has 0 amide bonds. The molecule has 0 fully saturated rings. The molecule has 0 spiro atoms. The molecule has 1 aliphatic heterocycles. The standard InChI is InChI=1S/C9H14N2O12S3/c10-26(22,23)3-1-2-4(11-8(15,16)9(17,18)19)7(13,14)6(12)25(20,21)5(2)24-3/h1,4,6,11-19H,(H2,10,22,23). The van der Waals surface area contributed by atoms with Crippen LogP contribution in [0.4, 0.5) is 0 Å². The van der Waals surface area contributed by atoms with Gasteiger partial charge in [0.15, 0.2) is 0 Å². The summed E-state index contributed by atoms with van der Waals surface area (Å²) in [7, 11) is -9.42. The van der Waals surface area contributed by atoms with Crippen LogP contribution in [0, 0.1) is 0 Å². The summed E-state index contributed by atoms with van der Waals surface area (Å²) < 4.78 is 45.5. The molecule has 1 aromatic heterocycles. The van der Waals surface area contributed by atoms with Crippen LogP contribution in [-0.4, -0.2) is 80.8 Å². The second-order valence-corrected chi connectivity index (χ2v) is 10.5. The molecule has 0 radical (unpaired) electrons. The average Bonchev–Trinajstić information content (AvgIpc) is 2.87. The Morgan fingerprint density at radius 2 is 1.69 bits per heavy atom. The fourth-order valence-corrected chi connectivity index (χ4v) is 6.25. The molecule has 150 valence electrons. The van der Waals surface area contributed by atoms with Gasteiger partial charge in [0.25, 0.3) is 0 Å². The van der Waals surface area contributed by atoms with Crippen LogP contribution in [-0.2, 0) is 19.9 Å². The van der Waals surface area contributed by atoms with E-state index < -0.39 is 63.0 Å². The third-order valence-electron chi connectivity index (χ3n) is 3.45. The third kappa shape index (κ3) is 3.26. The van der Waals surface area contributed by atoms with E-state index in [-0.39, 0.29) is 11.3 Å². The molecule has 17 heteroatoms. The highest BCUT2D eigenvalue weighted by molar-refractivity contribution is 7.95. The monoisotopic (exact) mass is 438 g/mol. The third-order valence-corrected chi connectivity index (χ3v) is 8.45. The number of aliphatic hydroxyl groups is 8. The van der Waals surface area contributed by atoms with E-state index in [0.29, 0.717) is 6.07 Å². The Morgan fingerprint density at radius 1 is 1.19 bits per heavy atom. The Kier molecular flexibility index (Phi) is 4.83. The zero-order chi connectivity index (χ0) is 20.5. The second-order valence-electron chi connectivity index (χ2n) is 5.42. The quantitative estimate of drug-likeness (QED) is 0.196. The number of primary sulfonamides is 1. The van der Waals surface area contributed by atoms with E-state index >= 15 is 0 Å². The molecule has 2 unspecified atom stereocenters. The van der Waals surface area contributed by atoms with Crippen molar-refractivity contribution in [1.82, 2.24) is 5.32 Å². The van der Waals surface area contributed by atoms with Gasteiger partial charge in [0, 0.05) is 5.56 Å². The molecule has 11 N–H and O–H groups in total. The number of thiophene rings is 1. The number of nitrogens with two attached hydrogens (primary N) is 1. The van der Waals surface area contributed by atoms with Gasteiger partial charge >= 0.3 is 11.9 Å². The number of sulfone groups is 1. The lowest BCUT2D eigenvalue weighted by atomic mass is 10.00.